The number of halogens is 2. The summed E-state index contributed by atoms with van der Waals surface area (Å²) >= 11 is 5.03. The number of anilines is 2. The van der Waals surface area contributed by atoms with Crippen molar-refractivity contribution in [3.8, 4) is 0 Å². The first kappa shape index (κ1) is 19.7. The minimum absolute atomic E-state index is 0.313. The highest BCUT2D eigenvalue weighted by molar-refractivity contribution is 9.10. The topological polar surface area (TPSA) is 59.1 Å². The van der Waals surface area contributed by atoms with Gasteiger partial charge in [0.05, 0.1) is 17.7 Å². The van der Waals surface area contributed by atoms with Crippen LogP contribution in [0.2, 0.25) is 0 Å². The highest BCUT2D eigenvalue weighted by atomic mass is 79.9. The molecule has 4 rings (SSSR count). The number of hydrogen-bond acceptors (Lipinski definition) is 6. The highest BCUT2D eigenvalue weighted by Gasteiger charge is 2.25. The van der Waals surface area contributed by atoms with E-state index in [0.717, 1.165) is 49.2 Å². The zero-order chi connectivity index (χ0) is 19.5. The molecule has 28 heavy (non-hydrogen) atoms. The summed E-state index contributed by atoms with van der Waals surface area (Å²) in [6, 6.07) is 4.98. The Balaban J connectivity index is 1.57. The van der Waals surface area contributed by atoms with Gasteiger partial charge in [-0.25, -0.2) is 14.4 Å². The van der Waals surface area contributed by atoms with Gasteiger partial charge in [0.1, 0.15) is 22.8 Å². The number of fused-ring (bicyclic) bond motifs is 3. The van der Waals surface area contributed by atoms with E-state index in [2.05, 4.69) is 36.5 Å². The van der Waals surface area contributed by atoms with Gasteiger partial charge in [0.2, 0.25) is 0 Å². The average molecular weight is 465 g/mol. The van der Waals surface area contributed by atoms with Crippen LogP contribution in [0.5, 0.6) is 0 Å². The number of aromatic nitrogens is 2. The monoisotopic (exact) mass is 464 g/mol. The van der Waals surface area contributed by atoms with Gasteiger partial charge in [0.25, 0.3) is 0 Å². The zero-order valence-electron chi connectivity index (χ0n) is 15.6. The molecule has 1 unspecified atom stereocenters. The van der Waals surface area contributed by atoms with Gasteiger partial charge in [-0.1, -0.05) is 15.9 Å². The van der Waals surface area contributed by atoms with E-state index in [4.69, 9.17) is 4.74 Å². The molecule has 1 aromatic carbocycles. The molecule has 148 valence electrons. The number of aryl methyl sites for hydroxylation is 1. The lowest BCUT2D eigenvalue weighted by Crippen LogP contribution is -2.29. The molecule has 0 aliphatic heterocycles. The van der Waals surface area contributed by atoms with E-state index in [9.17, 15) is 4.39 Å². The second kappa shape index (κ2) is 8.82. The number of methoxy groups -OCH3 is 1. The number of hydrogen-bond donors (Lipinski definition) is 2. The predicted molar refractivity (Wildman–Crippen MR) is 115 cm³/mol. The standard InChI is InChI=1S/C20H22BrFN4OS/c1-27-7-6-23-10-12-2-4-14-17(8-12)28-20-18(14)19(24-11-25-20)26-16-5-3-13(21)9-15(16)22/h3,5,9,11-12,23H,2,4,6-8,10H2,1H3,(H,24,25,26). The minimum atomic E-state index is -0.313. The van der Waals surface area contributed by atoms with Gasteiger partial charge in [-0.05, 0) is 55.5 Å². The van der Waals surface area contributed by atoms with E-state index in [0.29, 0.717) is 21.9 Å². The Kier molecular flexibility index (Phi) is 6.20. The summed E-state index contributed by atoms with van der Waals surface area (Å²) in [5, 5.41) is 7.68. The number of benzene rings is 1. The fraction of sp³-hybridized carbons (Fsp3) is 0.400. The number of nitrogens with one attached hydrogen (secondary N) is 2. The second-order valence-corrected chi connectivity index (χ2v) is 8.96. The Bertz CT molecular complexity index is 980. The Morgan fingerprint density at radius 2 is 2.25 bits per heavy atom. The molecule has 0 spiro atoms. The van der Waals surface area contributed by atoms with Crippen molar-refractivity contribution < 1.29 is 9.13 Å². The van der Waals surface area contributed by atoms with E-state index < -0.39 is 0 Å². The van der Waals surface area contributed by atoms with E-state index in [1.54, 1.807) is 30.8 Å². The molecule has 3 aromatic rings. The predicted octanol–water partition coefficient (Wildman–Crippen LogP) is 4.68. The summed E-state index contributed by atoms with van der Waals surface area (Å²) in [7, 11) is 1.72. The van der Waals surface area contributed by atoms with Crippen LogP contribution in [0.4, 0.5) is 15.9 Å². The molecule has 0 fully saturated rings. The average Bonchev–Trinajstić information content (AvgIpc) is 3.06. The molecular weight excluding hydrogens is 443 g/mol. The summed E-state index contributed by atoms with van der Waals surface area (Å²) < 4.78 is 20.1. The highest BCUT2D eigenvalue weighted by Crippen LogP contribution is 2.40. The summed E-state index contributed by atoms with van der Waals surface area (Å²) in [6.45, 7) is 2.61. The Hall–Kier alpha value is -1.61. The van der Waals surface area contributed by atoms with Crippen molar-refractivity contribution in [2.45, 2.75) is 19.3 Å². The molecule has 1 aliphatic rings. The third-order valence-corrected chi connectivity index (χ3v) is 6.70. The molecule has 2 N–H and O–H groups in total. The first-order chi connectivity index (χ1) is 13.7. The van der Waals surface area contributed by atoms with Crippen molar-refractivity contribution >= 4 is 49.0 Å². The molecule has 0 saturated carbocycles. The van der Waals surface area contributed by atoms with E-state index in [-0.39, 0.29) is 5.82 Å². The second-order valence-electron chi connectivity index (χ2n) is 6.96. The summed E-state index contributed by atoms with van der Waals surface area (Å²) in [5.41, 5.74) is 1.73. The lowest BCUT2D eigenvalue weighted by Gasteiger charge is -2.22. The third kappa shape index (κ3) is 4.20. The van der Waals surface area contributed by atoms with Crippen LogP contribution >= 0.6 is 27.3 Å². The van der Waals surface area contributed by atoms with Crippen LogP contribution in [0.3, 0.4) is 0 Å². The molecule has 0 amide bonds. The van der Waals surface area contributed by atoms with Crippen molar-refractivity contribution in [2.24, 2.45) is 5.92 Å². The lowest BCUT2D eigenvalue weighted by molar-refractivity contribution is 0.197. The number of thiophene rings is 1. The smallest absolute Gasteiger partial charge is 0.147 e. The van der Waals surface area contributed by atoms with Crippen LogP contribution < -0.4 is 10.6 Å². The van der Waals surface area contributed by atoms with Crippen LogP contribution in [-0.2, 0) is 17.6 Å². The van der Waals surface area contributed by atoms with Crippen LogP contribution in [0.15, 0.2) is 29.0 Å². The first-order valence-corrected chi connectivity index (χ1v) is 10.9. The lowest BCUT2D eigenvalue weighted by atomic mass is 9.87. The molecule has 2 aromatic heterocycles. The molecule has 0 bridgehead atoms. The summed E-state index contributed by atoms with van der Waals surface area (Å²) in [5.74, 6) is 0.985. The molecule has 1 atom stereocenters. The maximum Gasteiger partial charge on any atom is 0.147 e. The van der Waals surface area contributed by atoms with Gasteiger partial charge in [0, 0.05) is 23.0 Å². The molecule has 2 heterocycles. The van der Waals surface area contributed by atoms with E-state index >= 15 is 0 Å². The van der Waals surface area contributed by atoms with E-state index in [1.165, 1.54) is 16.5 Å². The molecule has 8 heteroatoms. The largest absolute Gasteiger partial charge is 0.383 e. The number of rotatable bonds is 7. The SMILES string of the molecule is COCCNCC1CCc2c(sc3ncnc(Nc4ccc(Br)cc4F)c23)C1. The van der Waals surface area contributed by atoms with Gasteiger partial charge in [-0.2, -0.15) is 0 Å². The van der Waals surface area contributed by atoms with Crippen LogP contribution in [0, 0.1) is 11.7 Å². The maximum atomic E-state index is 14.3. The quantitative estimate of drug-likeness (QED) is 0.497. The van der Waals surface area contributed by atoms with Crippen molar-refractivity contribution in [1.29, 1.82) is 0 Å². The van der Waals surface area contributed by atoms with Gasteiger partial charge >= 0.3 is 0 Å². The fourth-order valence-corrected chi connectivity index (χ4v) is 5.28. The normalized spacial score (nSPS) is 16.3. The summed E-state index contributed by atoms with van der Waals surface area (Å²) in [6.07, 6.45) is 4.71. The molecule has 0 radical (unpaired) electrons. The van der Waals surface area contributed by atoms with Crippen LogP contribution in [0.1, 0.15) is 16.9 Å². The Labute approximate surface area is 175 Å². The van der Waals surface area contributed by atoms with Gasteiger partial charge in [0.15, 0.2) is 0 Å². The van der Waals surface area contributed by atoms with Crippen LogP contribution in [0.25, 0.3) is 10.2 Å². The minimum Gasteiger partial charge on any atom is -0.383 e. The molecule has 1 aliphatic carbocycles. The summed E-state index contributed by atoms with van der Waals surface area (Å²) in [4.78, 5) is 11.2. The van der Waals surface area contributed by atoms with Gasteiger partial charge in [-0.15, -0.1) is 11.3 Å². The van der Waals surface area contributed by atoms with Crippen molar-refractivity contribution in [3.63, 3.8) is 0 Å². The third-order valence-electron chi connectivity index (χ3n) is 5.05. The Morgan fingerprint density at radius 3 is 3.07 bits per heavy atom. The van der Waals surface area contributed by atoms with E-state index in [1.807, 2.05) is 6.07 Å². The number of ether oxygens (including phenoxy) is 1. The first-order valence-electron chi connectivity index (χ1n) is 9.32. The maximum absolute atomic E-state index is 14.3. The van der Waals surface area contributed by atoms with Gasteiger partial charge in [-0.3, -0.25) is 0 Å². The molecule has 5 nitrogen and oxygen atoms in total. The Morgan fingerprint density at radius 1 is 1.36 bits per heavy atom. The zero-order valence-corrected chi connectivity index (χ0v) is 18.0. The number of nitrogens with zero attached hydrogens (tertiary/aromatic N) is 2. The van der Waals surface area contributed by atoms with Gasteiger partial charge < -0.3 is 15.4 Å². The fourth-order valence-electron chi connectivity index (χ4n) is 3.65. The molecule has 0 saturated heterocycles. The molecular formula is C20H22BrFN4OS. The van der Waals surface area contributed by atoms with Crippen molar-refractivity contribution in [3.05, 3.63) is 45.3 Å². The van der Waals surface area contributed by atoms with Crippen molar-refractivity contribution in [1.82, 2.24) is 15.3 Å². The van der Waals surface area contributed by atoms with Crippen molar-refractivity contribution in [2.75, 3.05) is 32.1 Å². The van der Waals surface area contributed by atoms with Crippen LogP contribution in [-0.4, -0.2) is 36.8 Å².